The first-order chi connectivity index (χ1) is 9.29. The summed E-state index contributed by atoms with van der Waals surface area (Å²) in [5.74, 6) is 3.25. The maximum atomic E-state index is 6.19. The van der Waals surface area contributed by atoms with E-state index in [2.05, 4.69) is 30.9 Å². The van der Waals surface area contributed by atoms with Crippen molar-refractivity contribution in [2.45, 2.75) is 51.2 Å². The predicted molar refractivity (Wildman–Crippen MR) is 81.9 cm³/mol. The van der Waals surface area contributed by atoms with Crippen LogP contribution in [0.2, 0.25) is 0 Å². The highest BCUT2D eigenvalue weighted by atomic mass is 32.2. The Labute approximate surface area is 122 Å². The third-order valence-corrected chi connectivity index (χ3v) is 5.46. The summed E-state index contributed by atoms with van der Waals surface area (Å²) >= 11 is 2.08. The van der Waals surface area contributed by atoms with Crippen LogP contribution in [0.1, 0.15) is 39.5 Å². The molecule has 19 heavy (non-hydrogen) atoms. The van der Waals surface area contributed by atoms with Gasteiger partial charge in [0, 0.05) is 19.3 Å². The average molecular weight is 287 g/mol. The molecule has 2 saturated heterocycles. The van der Waals surface area contributed by atoms with Crippen molar-refractivity contribution in [2.75, 3.05) is 37.9 Å². The van der Waals surface area contributed by atoms with Gasteiger partial charge in [0.15, 0.2) is 0 Å². The summed E-state index contributed by atoms with van der Waals surface area (Å²) in [4.78, 5) is 0. The van der Waals surface area contributed by atoms with Gasteiger partial charge in [-0.2, -0.15) is 11.8 Å². The number of thioether (sulfide) groups is 1. The van der Waals surface area contributed by atoms with Crippen molar-refractivity contribution >= 4 is 11.8 Å². The van der Waals surface area contributed by atoms with E-state index in [1.165, 1.54) is 37.2 Å². The molecule has 1 spiro atoms. The fourth-order valence-electron chi connectivity index (χ4n) is 3.37. The minimum Gasteiger partial charge on any atom is -0.380 e. The molecule has 1 N–H and O–H groups in total. The molecule has 0 aliphatic carbocycles. The summed E-state index contributed by atoms with van der Waals surface area (Å²) < 4.78 is 11.9. The van der Waals surface area contributed by atoms with Gasteiger partial charge in [0.1, 0.15) is 0 Å². The van der Waals surface area contributed by atoms with Crippen molar-refractivity contribution in [3.63, 3.8) is 0 Å². The first kappa shape index (κ1) is 15.6. The van der Waals surface area contributed by atoms with E-state index >= 15 is 0 Å². The fourth-order valence-corrected chi connectivity index (χ4v) is 4.61. The van der Waals surface area contributed by atoms with Crippen LogP contribution in [0.25, 0.3) is 0 Å². The highest BCUT2D eigenvalue weighted by Crippen LogP contribution is 2.40. The van der Waals surface area contributed by atoms with E-state index in [0.29, 0.717) is 12.0 Å². The van der Waals surface area contributed by atoms with Crippen molar-refractivity contribution in [2.24, 2.45) is 5.92 Å². The molecular formula is C15H29NO2S. The Bertz CT molecular complexity index is 251. The minimum absolute atomic E-state index is 0.189. The Hall–Kier alpha value is 0.230. The van der Waals surface area contributed by atoms with E-state index in [-0.39, 0.29) is 5.60 Å². The van der Waals surface area contributed by atoms with Crippen LogP contribution in [0.4, 0.5) is 0 Å². The quantitative estimate of drug-likeness (QED) is 0.813. The normalized spacial score (nSPS) is 28.4. The molecule has 0 aromatic heterocycles. The van der Waals surface area contributed by atoms with Crippen LogP contribution in [-0.2, 0) is 9.47 Å². The van der Waals surface area contributed by atoms with Gasteiger partial charge in [0.2, 0.25) is 0 Å². The van der Waals surface area contributed by atoms with E-state index in [9.17, 15) is 0 Å². The number of hydrogen-bond donors (Lipinski definition) is 1. The molecule has 0 amide bonds. The van der Waals surface area contributed by atoms with Crippen molar-refractivity contribution in [3.05, 3.63) is 0 Å². The molecule has 4 heteroatoms. The van der Waals surface area contributed by atoms with Gasteiger partial charge in [-0.15, -0.1) is 0 Å². The second kappa shape index (κ2) is 7.87. The zero-order chi connectivity index (χ0) is 13.6. The largest absolute Gasteiger partial charge is 0.380 e. The summed E-state index contributed by atoms with van der Waals surface area (Å²) in [6.07, 6.45) is 4.88. The highest BCUT2D eigenvalue weighted by Gasteiger charge is 2.40. The first-order valence-electron chi connectivity index (χ1n) is 7.82. The van der Waals surface area contributed by atoms with E-state index in [0.717, 1.165) is 26.4 Å². The summed E-state index contributed by atoms with van der Waals surface area (Å²) in [6.45, 7) is 7.88. The lowest BCUT2D eigenvalue weighted by Crippen LogP contribution is -2.50. The number of ether oxygens (including phenoxy) is 2. The molecule has 2 aliphatic rings. The highest BCUT2D eigenvalue weighted by molar-refractivity contribution is 7.99. The molecule has 2 aliphatic heterocycles. The van der Waals surface area contributed by atoms with E-state index < -0.39 is 0 Å². The van der Waals surface area contributed by atoms with Gasteiger partial charge in [-0.25, -0.2) is 0 Å². The molecule has 2 rings (SSSR count). The Morgan fingerprint density at radius 1 is 1.37 bits per heavy atom. The third-order valence-electron chi connectivity index (χ3n) is 4.47. The smallest absolute Gasteiger partial charge is 0.0701 e. The molecule has 0 radical (unpaired) electrons. The van der Waals surface area contributed by atoms with Crippen LogP contribution < -0.4 is 5.32 Å². The molecule has 3 nitrogen and oxygen atoms in total. The monoisotopic (exact) mass is 287 g/mol. The Kier molecular flexibility index (Phi) is 6.46. The van der Waals surface area contributed by atoms with Gasteiger partial charge >= 0.3 is 0 Å². The molecule has 2 heterocycles. The summed E-state index contributed by atoms with van der Waals surface area (Å²) in [5, 5.41) is 3.62. The zero-order valence-electron chi connectivity index (χ0n) is 12.5. The summed E-state index contributed by atoms with van der Waals surface area (Å²) in [6, 6.07) is 0.500. The van der Waals surface area contributed by atoms with Crippen LogP contribution in [-0.4, -0.2) is 49.5 Å². The minimum atomic E-state index is 0.189. The molecule has 0 saturated carbocycles. The lowest BCUT2D eigenvalue weighted by atomic mass is 9.78. The SMILES string of the molecule is CCNC(COCC)C1CCOC2(CCSCC2)C1. The maximum Gasteiger partial charge on any atom is 0.0701 e. The van der Waals surface area contributed by atoms with Gasteiger partial charge in [-0.1, -0.05) is 6.92 Å². The molecule has 0 aromatic rings. The van der Waals surface area contributed by atoms with Crippen molar-refractivity contribution in [1.29, 1.82) is 0 Å². The first-order valence-corrected chi connectivity index (χ1v) is 8.98. The van der Waals surface area contributed by atoms with E-state index in [1.807, 2.05) is 0 Å². The molecule has 112 valence electrons. The molecular weight excluding hydrogens is 258 g/mol. The lowest BCUT2D eigenvalue weighted by molar-refractivity contribution is -0.110. The van der Waals surface area contributed by atoms with Gasteiger partial charge in [-0.3, -0.25) is 0 Å². The van der Waals surface area contributed by atoms with Crippen molar-refractivity contribution in [1.82, 2.24) is 5.32 Å². The third kappa shape index (κ3) is 4.35. The molecule has 2 unspecified atom stereocenters. The van der Waals surface area contributed by atoms with Crippen LogP contribution in [0.3, 0.4) is 0 Å². The summed E-state index contributed by atoms with van der Waals surface area (Å²) in [5.41, 5.74) is 0.189. The van der Waals surface area contributed by atoms with Gasteiger partial charge < -0.3 is 14.8 Å². The fraction of sp³-hybridized carbons (Fsp3) is 1.00. The van der Waals surface area contributed by atoms with Gasteiger partial charge in [0.25, 0.3) is 0 Å². The van der Waals surface area contributed by atoms with Gasteiger partial charge in [-0.05, 0) is 56.6 Å². The summed E-state index contributed by atoms with van der Waals surface area (Å²) in [7, 11) is 0. The lowest BCUT2D eigenvalue weighted by Gasteiger charge is -2.45. The molecule has 2 fully saturated rings. The standard InChI is InChI=1S/C15H29NO2S/c1-3-16-14(12-17-4-2)13-5-8-18-15(11-13)6-9-19-10-7-15/h13-14,16H,3-12H2,1-2H3. The zero-order valence-corrected chi connectivity index (χ0v) is 13.3. The number of likely N-dealkylation sites (N-methyl/N-ethyl adjacent to an activating group) is 1. The number of nitrogens with one attached hydrogen (secondary N) is 1. The maximum absolute atomic E-state index is 6.19. The Morgan fingerprint density at radius 2 is 2.16 bits per heavy atom. The predicted octanol–water partition coefficient (Wildman–Crippen LogP) is 2.69. The average Bonchev–Trinajstić information content (AvgIpc) is 2.44. The van der Waals surface area contributed by atoms with Crippen LogP contribution in [0, 0.1) is 5.92 Å². The van der Waals surface area contributed by atoms with Crippen LogP contribution in [0.15, 0.2) is 0 Å². The molecule has 0 bridgehead atoms. The van der Waals surface area contributed by atoms with Crippen molar-refractivity contribution < 1.29 is 9.47 Å². The topological polar surface area (TPSA) is 30.5 Å². The Morgan fingerprint density at radius 3 is 2.84 bits per heavy atom. The second-order valence-corrected chi connectivity index (χ2v) is 6.95. The molecule has 2 atom stereocenters. The van der Waals surface area contributed by atoms with Gasteiger partial charge in [0.05, 0.1) is 12.2 Å². The Balaban J connectivity index is 1.93. The van der Waals surface area contributed by atoms with Crippen molar-refractivity contribution in [3.8, 4) is 0 Å². The van der Waals surface area contributed by atoms with E-state index in [4.69, 9.17) is 9.47 Å². The molecule has 0 aromatic carbocycles. The number of hydrogen-bond acceptors (Lipinski definition) is 4. The number of rotatable bonds is 6. The van der Waals surface area contributed by atoms with E-state index in [1.54, 1.807) is 0 Å². The second-order valence-electron chi connectivity index (χ2n) is 5.72. The van der Waals surface area contributed by atoms with Crippen LogP contribution in [0.5, 0.6) is 0 Å². The van der Waals surface area contributed by atoms with Crippen LogP contribution >= 0.6 is 11.8 Å².